The van der Waals surface area contributed by atoms with Crippen LogP contribution in [0.2, 0.25) is 0 Å². The Morgan fingerprint density at radius 2 is 2.25 bits per heavy atom. The largest absolute Gasteiger partial charge is 0.486 e. The van der Waals surface area contributed by atoms with E-state index in [1.54, 1.807) is 11.3 Å². The fourth-order valence-electron chi connectivity index (χ4n) is 1.99. The van der Waals surface area contributed by atoms with Crippen molar-refractivity contribution in [3.05, 3.63) is 45.4 Å². The summed E-state index contributed by atoms with van der Waals surface area (Å²) >= 11 is 1.59. The zero-order valence-corrected chi connectivity index (χ0v) is 12.7. The Morgan fingerprint density at radius 3 is 2.95 bits per heavy atom. The Labute approximate surface area is 123 Å². The van der Waals surface area contributed by atoms with Gasteiger partial charge < -0.3 is 4.74 Å². The highest BCUT2D eigenvalue weighted by Crippen LogP contribution is 2.22. The van der Waals surface area contributed by atoms with Gasteiger partial charge in [0.1, 0.15) is 17.4 Å². The van der Waals surface area contributed by atoms with Gasteiger partial charge in [-0.25, -0.2) is 4.98 Å². The van der Waals surface area contributed by atoms with Gasteiger partial charge in [-0.2, -0.15) is 5.26 Å². The summed E-state index contributed by atoms with van der Waals surface area (Å²) in [6.07, 6.45) is 2.41. The van der Waals surface area contributed by atoms with Gasteiger partial charge in [0.15, 0.2) is 0 Å². The first-order chi connectivity index (χ1) is 9.72. The molecule has 0 aliphatic rings. The van der Waals surface area contributed by atoms with E-state index in [0.717, 1.165) is 34.2 Å². The Bertz CT molecular complexity index is 613. The van der Waals surface area contributed by atoms with Crippen molar-refractivity contribution >= 4 is 11.3 Å². The van der Waals surface area contributed by atoms with Crippen molar-refractivity contribution in [2.24, 2.45) is 0 Å². The maximum Gasteiger partial charge on any atom is 0.140 e. The molecule has 0 atom stereocenters. The molecule has 0 bridgehead atoms. The molecule has 3 nitrogen and oxygen atoms in total. The summed E-state index contributed by atoms with van der Waals surface area (Å²) in [5.74, 6) is 0.860. The lowest BCUT2D eigenvalue weighted by atomic mass is 10.2. The van der Waals surface area contributed by atoms with E-state index < -0.39 is 0 Å². The third-order valence-electron chi connectivity index (χ3n) is 2.90. The van der Waals surface area contributed by atoms with Crippen LogP contribution in [0.1, 0.15) is 34.5 Å². The fourth-order valence-corrected chi connectivity index (χ4v) is 2.95. The van der Waals surface area contributed by atoms with E-state index in [9.17, 15) is 0 Å². The number of hydrogen-bond donors (Lipinski definition) is 0. The lowest BCUT2D eigenvalue weighted by Crippen LogP contribution is -1.96. The molecule has 1 aromatic heterocycles. The van der Waals surface area contributed by atoms with E-state index in [1.165, 1.54) is 5.56 Å². The van der Waals surface area contributed by atoms with Gasteiger partial charge in [-0.05, 0) is 31.0 Å². The van der Waals surface area contributed by atoms with Crippen molar-refractivity contribution in [1.82, 2.24) is 4.98 Å². The summed E-state index contributed by atoms with van der Waals surface area (Å²) in [6.45, 7) is 4.63. The minimum Gasteiger partial charge on any atom is -0.486 e. The second-order valence-corrected chi connectivity index (χ2v) is 5.84. The van der Waals surface area contributed by atoms with Crippen LogP contribution in [0.5, 0.6) is 5.75 Å². The van der Waals surface area contributed by atoms with Crippen LogP contribution >= 0.6 is 11.3 Å². The quantitative estimate of drug-likeness (QED) is 0.804. The normalized spacial score (nSPS) is 10.2. The number of thiazole rings is 1. The Kier molecular flexibility index (Phi) is 5.14. The minimum atomic E-state index is 0.442. The Morgan fingerprint density at radius 1 is 1.40 bits per heavy atom. The summed E-state index contributed by atoms with van der Waals surface area (Å²) in [5.41, 5.74) is 2.24. The number of hydrogen-bond acceptors (Lipinski definition) is 4. The number of ether oxygens (including phenoxy) is 1. The molecule has 0 spiro atoms. The minimum absolute atomic E-state index is 0.442. The van der Waals surface area contributed by atoms with Crippen LogP contribution in [0.3, 0.4) is 0 Å². The van der Waals surface area contributed by atoms with Gasteiger partial charge >= 0.3 is 0 Å². The average molecular weight is 286 g/mol. The lowest BCUT2D eigenvalue weighted by Gasteiger charge is -2.04. The molecule has 0 radical (unpaired) electrons. The van der Waals surface area contributed by atoms with Gasteiger partial charge in [0.2, 0.25) is 0 Å². The molecule has 0 unspecified atom stereocenters. The highest BCUT2D eigenvalue weighted by molar-refractivity contribution is 7.11. The van der Waals surface area contributed by atoms with Crippen molar-refractivity contribution in [3.63, 3.8) is 0 Å². The summed E-state index contributed by atoms with van der Waals surface area (Å²) in [7, 11) is 0. The summed E-state index contributed by atoms with van der Waals surface area (Å²) in [5, 5.41) is 9.80. The van der Waals surface area contributed by atoms with E-state index in [0.29, 0.717) is 13.0 Å². The number of nitriles is 1. The third-order valence-corrected chi connectivity index (χ3v) is 3.97. The second-order valence-electron chi connectivity index (χ2n) is 4.67. The summed E-state index contributed by atoms with van der Waals surface area (Å²) in [4.78, 5) is 5.68. The summed E-state index contributed by atoms with van der Waals surface area (Å²) < 4.78 is 5.76. The molecule has 0 fully saturated rings. The molecule has 0 amide bonds. The van der Waals surface area contributed by atoms with E-state index in [-0.39, 0.29) is 0 Å². The number of nitrogens with zero attached hydrogens (tertiary/aromatic N) is 2. The van der Waals surface area contributed by atoms with Gasteiger partial charge in [-0.15, -0.1) is 11.3 Å². The molecule has 2 rings (SSSR count). The maximum atomic E-state index is 8.86. The van der Waals surface area contributed by atoms with Crippen LogP contribution in [0, 0.1) is 18.3 Å². The first-order valence-electron chi connectivity index (χ1n) is 6.76. The smallest absolute Gasteiger partial charge is 0.140 e. The van der Waals surface area contributed by atoms with Crippen LogP contribution < -0.4 is 4.74 Å². The van der Waals surface area contributed by atoms with Crippen molar-refractivity contribution in [2.75, 3.05) is 0 Å². The molecule has 0 aliphatic heterocycles. The van der Waals surface area contributed by atoms with Crippen LogP contribution in [0.25, 0.3) is 0 Å². The van der Waals surface area contributed by atoms with Crippen molar-refractivity contribution < 1.29 is 4.74 Å². The second kappa shape index (κ2) is 7.06. The predicted octanol–water partition coefficient (Wildman–Crippen LogP) is 4.05. The molecule has 2 aromatic rings. The van der Waals surface area contributed by atoms with Crippen LogP contribution in [0.4, 0.5) is 0 Å². The van der Waals surface area contributed by atoms with Crippen molar-refractivity contribution in [2.45, 2.75) is 39.7 Å². The van der Waals surface area contributed by atoms with E-state index >= 15 is 0 Å². The average Bonchev–Trinajstić information content (AvgIpc) is 2.80. The summed E-state index contributed by atoms with van der Waals surface area (Å²) in [6, 6.07) is 10.2. The van der Waals surface area contributed by atoms with Gasteiger partial charge in [0, 0.05) is 4.88 Å². The Hall–Kier alpha value is -1.86. The number of benzene rings is 1. The third kappa shape index (κ3) is 3.82. The topological polar surface area (TPSA) is 45.9 Å². The highest BCUT2D eigenvalue weighted by atomic mass is 32.1. The van der Waals surface area contributed by atoms with E-state index in [1.807, 2.05) is 31.2 Å². The van der Waals surface area contributed by atoms with Gasteiger partial charge in [-0.1, -0.05) is 25.5 Å². The molecule has 4 heteroatoms. The number of aryl methyl sites for hydroxylation is 2. The molecule has 0 saturated heterocycles. The molecule has 0 aliphatic carbocycles. The molecule has 20 heavy (non-hydrogen) atoms. The zero-order chi connectivity index (χ0) is 14.4. The lowest BCUT2D eigenvalue weighted by molar-refractivity contribution is 0.305. The monoisotopic (exact) mass is 286 g/mol. The molecule has 104 valence electrons. The van der Waals surface area contributed by atoms with Crippen LogP contribution in [0.15, 0.2) is 24.3 Å². The van der Waals surface area contributed by atoms with E-state index in [4.69, 9.17) is 10.00 Å². The predicted molar refractivity (Wildman–Crippen MR) is 80.9 cm³/mol. The number of aromatic nitrogens is 1. The van der Waals surface area contributed by atoms with Gasteiger partial charge in [-0.3, -0.25) is 0 Å². The standard InChI is InChI=1S/C16H18N2OS/c1-3-5-14-15(8-9-17)20-16(18-14)11-19-13-7-4-6-12(2)10-13/h4,6-7,10H,3,5,8,11H2,1-2H3. The molecule has 0 saturated carbocycles. The Balaban J connectivity index is 2.06. The van der Waals surface area contributed by atoms with Crippen LogP contribution in [-0.4, -0.2) is 4.98 Å². The van der Waals surface area contributed by atoms with Gasteiger partial charge in [0.05, 0.1) is 18.2 Å². The van der Waals surface area contributed by atoms with E-state index in [2.05, 4.69) is 18.0 Å². The maximum absolute atomic E-state index is 8.86. The first-order valence-corrected chi connectivity index (χ1v) is 7.58. The number of rotatable bonds is 6. The molecule has 0 N–H and O–H groups in total. The fraction of sp³-hybridized carbons (Fsp3) is 0.375. The SMILES string of the molecule is CCCc1nc(COc2cccc(C)c2)sc1CC#N. The molecule has 1 heterocycles. The highest BCUT2D eigenvalue weighted by Gasteiger charge is 2.10. The zero-order valence-electron chi connectivity index (χ0n) is 11.8. The van der Waals surface area contributed by atoms with Crippen molar-refractivity contribution in [3.8, 4) is 11.8 Å². The van der Waals surface area contributed by atoms with Gasteiger partial charge in [0.25, 0.3) is 0 Å². The first kappa shape index (κ1) is 14.5. The van der Waals surface area contributed by atoms with Crippen molar-refractivity contribution in [1.29, 1.82) is 5.26 Å². The molecular weight excluding hydrogens is 268 g/mol. The molecular formula is C16H18N2OS. The molecule has 1 aromatic carbocycles. The van der Waals surface area contributed by atoms with Crippen LogP contribution in [-0.2, 0) is 19.4 Å².